The van der Waals surface area contributed by atoms with Crippen LogP contribution in [0.1, 0.15) is 24.4 Å². The van der Waals surface area contributed by atoms with Gasteiger partial charge in [0.25, 0.3) is 0 Å². The first-order valence-corrected chi connectivity index (χ1v) is 4.91. The van der Waals surface area contributed by atoms with Gasteiger partial charge in [0.15, 0.2) is 0 Å². The van der Waals surface area contributed by atoms with Crippen molar-refractivity contribution < 1.29 is 0 Å². The molecule has 2 rings (SSSR count). The average molecular weight is 206 g/mol. The minimum Gasteiger partial charge on any atom is -0.307 e. The number of aromatic amines is 1. The van der Waals surface area contributed by atoms with E-state index >= 15 is 0 Å². The highest BCUT2D eigenvalue weighted by Gasteiger charge is 2.18. The fraction of sp³-hybridized carbons (Fsp3) is 0.444. The molecule has 0 radical (unpaired) electrons. The molecule has 0 spiro atoms. The van der Waals surface area contributed by atoms with E-state index in [0.29, 0.717) is 0 Å². The van der Waals surface area contributed by atoms with E-state index in [1.165, 1.54) is 0 Å². The zero-order chi connectivity index (χ0) is 10.7. The minimum absolute atomic E-state index is 0.0335. The van der Waals surface area contributed by atoms with E-state index in [-0.39, 0.29) is 6.04 Å². The molecule has 0 aliphatic rings. The van der Waals surface area contributed by atoms with Crippen LogP contribution in [0.2, 0.25) is 0 Å². The molecule has 0 bridgehead atoms. The summed E-state index contributed by atoms with van der Waals surface area (Å²) in [6.45, 7) is 2.91. The van der Waals surface area contributed by atoms with Gasteiger partial charge in [0, 0.05) is 12.7 Å². The molecule has 0 saturated heterocycles. The summed E-state index contributed by atoms with van der Waals surface area (Å²) < 4.78 is 1.94. The number of H-pyrrole nitrogens is 1. The summed E-state index contributed by atoms with van der Waals surface area (Å²) >= 11 is 0. The maximum Gasteiger partial charge on any atom is 0.105 e. The topological polar surface area (TPSA) is 71.4 Å². The largest absolute Gasteiger partial charge is 0.307 e. The van der Waals surface area contributed by atoms with Crippen LogP contribution in [0.4, 0.5) is 0 Å². The van der Waals surface area contributed by atoms with Crippen molar-refractivity contribution in [3.63, 3.8) is 0 Å². The molecule has 1 atom stereocenters. The lowest BCUT2D eigenvalue weighted by Gasteiger charge is -2.14. The molecule has 0 fully saturated rings. The average Bonchev–Trinajstić information content (AvgIpc) is 2.89. The Kier molecular flexibility index (Phi) is 2.77. The highest BCUT2D eigenvalue weighted by Crippen LogP contribution is 2.18. The number of nitrogens with zero attached hydrogens (tertiary/aromatic N) is 4. The maximum atomic E-state index is 4.23. The van der Waals surface area contributed by atoms with Crippen molar-refractivity contribution in [2.45, 2.75) is 19.5 Å². The second-order valence-electron chi connectivity index (χ2n) is 3.19. The van der Waals surface area contributed by atoms with Gasteiger partial charge in [-0.05, 0) is 20.0 Å². The molecular formula is C9H14N6. The third kappa shape index (κ3) is 1.75. The molecule has 2 N–H and O–H groups in total. The van der Waals surface area contributed by atoms with Gasteiger partial charge in [-0.3, -0.25) is 4.68 Å². The summed E-state index contributed by atoms with van der Waals surface area (Å²) in [6.07, 6.45) is 3.51. The van der Waals surface area contributed by atoms with E-state index < -0.39 is 0 Å². The summed E-state index contributed by atoms with van der Waals surface area (Å²) in [5, 5.41) is 17.9. The van der Waals surface area contributed by atoms with E-state index in [9.17, 15) is 0 Å². The first-order valence-electron chi connectivity index (χ1n) is 4.91. The molecule has 0 aliphatic heterocycles. The molecule has 6 nitrogen and oxygen atoms in total. The molecule has 2 aromatic rings. The Balaban J connectivity index is 2.35. The number of rotatable bonds is 4. The molecule has 2 heterocycles. The predicted molar refractivity (Wildman–Crippen MR) is 55.2 cm³/mol. The smallest absolute Gasteiger partial charge is 0.105 e. The number of hydrogen-bond donors (Lipinski definition) is 2. The Labute approximate surface area is 87.7 Å². The predicted octanol–water partition coefficient (Wildman–Crippen LogP) is 0.330. The van der Waals surface area contributed by atoms with Gasteiger partial charge in [-0.25, -0.2) is 0 Å². The van der Waals surface area contributed by atoms with Gasteiger partial charge in [-0.2, -0.15) is 20.5 Å². The highest BCUT2D eigenvalue weighted by atomic mass is 15.3. The van der Waals surface area contributed by atoms with Crippen molar-refractivity contribution in [2.75, 3.05) is 7.05 Å². The summed E-state index contributed by atoms with van der Waals surface area (Å²) in [5.41, 5.74) is 1.96. The standard InChI is InChI=1S/C9H14N6/c1-3-15-8(4-5-12-15)9(10-2)7-6-11-14-13-7/h4-6,9-10H,3H2,1-2H3,(H,11,13,14). The van der Waals surface area contributed by atoms with Gasteiger partial charge in [0.1, 0.15) is 5.69 Å². The first-order chi connectivity index (χ1) is 7.36. The van der Waals surface area contributed by atoms with E-state index in [2.05, 4.69) is 32.7 Å². The summed E-state index contributed by atoms with van der Waals surface area (Å²) in [5.74, 6) is 0. The Morgan fingerprint density at radius 3 is 3.07 bits per heavy atom. The van der Waals surface area contributed by atoms with Crippen LogP contribution in [-0.2, 0) is 6.54 Å². The molecule has 0 aliphatic carbocycles. The van der Waals surface area contributed by atoms with E-state index in [1.54, 1.807) is 12.4 Å². The van der Waals surface area contributed by atoms with Gasteiger partial charge in [0.2, 0.25) is 0 Å². The Bertz CT molecular complexity index is 404. The van der Waals surface area contributed by atoms with Crippen molar-refractivity contribution >= 4 is 0 Å². The van der Waals surface area contributed by atoms with Crippen molar-refractivity contribution in [3.05, 3.63) is 29.8 Å². The van der Waals surface area contributed by atoms with Gasteiger partial charge in [-0.15, -0.1) is 0 Å². The Morgan fingerprint density at radius 2 is 2.47 bits per heavy atom. The molecular weight excluding hydrogens is 192 g/mol. The molecule has 1 unspecified atom stereocenters. The second-order valence-corrected chi connectivity index (χ2v) is 3.19. The van der Waals surface area contributed by atoms with Gasteiger partial charge in [0.05, 0.1) is 17.9 Å². The third-order valence-electron chi connectivity index (χ3n) is 2.36. The molecule has 0 saturated carbocycles. The molecule has 80 valence electrons. The normalized spacial score (nSPS) is 12.9. The lowest BCUT2D eigenvalue weighted by molar-refractivity contribution is 0.555. The fourth-order valence-corrected chi connectivity index (χ4v) is 1.65. The Hall–Kier alpha value is -1.69. The van der Waals surface area contributed by atoms with Crippen LogP contribution in [-0.4, -0.2) is 32.2 Å². The first kappa shape index (κ1) is 9.85. The van der Waals surface area contributed by atoms with Crippen LogP contribution in [0, 0.1) is 0 Å². The summed E-state index contributed by atoms with van der Waals surface area (Å²) in [7, 11) is 1.90. The molecule has 6 heteroatoms. The van der Waals surface area contributed by atoms with Crippen LogP contribution in [0.3, 0.4) is 0 Å². The van der Waals surface area contributed by atoms with Crippen molar-refractivity contribution in [2.24, 2.45) is 0 Å². The highest BCUT2D eigenvalue weighted by molar-refractivity contribution is 5.18. The van der Waals surface area contributed by atoms with Crippen molar-refractivity contribution in [1.29, 1.82) is 0 Å². The molecule has 0 amide bonds. The van der Waals surface area contributed by atoms with Crippen LogP contribution >= 0.6 is 0 Å². The second kappa shape index (κ2) is 4.22. The van der Waals surface area contributed by atoms with Gasteiger partial charge >= 0.3 is 0 Å². The molecule has 0 aromatic carbocycles. The van der Waals surface area contributed by atoms with Crippen LogP contribution in [0.15, 0.2) is 18.5 Å². The van der Waals surface area contributed by atoms with Crippen LogP contribution < -0.4 is 5.32 Å². The molecule has 2 aromatic heterocycles. The zero-order valence-electron chi connectivity index (χ0n) is 8.81. The SMILES string of the molecule is CCn1nccc1C(NC)c1cn[nH]n1. The van der Waals surface area contributed by atoms with E-state index in [1.807, 2.05) is 17.8 Å². The van der Waals surface area contributed by atoms with E-state index in [4.69, 9.17) is 0 Å². The Morgan fingerprint density at radius 1 is 1.60 bits per heavy atom. The summed E-state index contributed by atoms with van der Waals surface area (Å²) in [6, 6.07) is 2.02. The van der Waals surface area contributed by atoms with Gasteiger partial charge < -0.3 is 5.32 Å². The maximum absolute atomic E-state index is 4.23. The number of hydrogen-bond acceptors (Lipinski definition) is 4. The number of nitrogens with one attached hydrogen (secondary N) is 2. The van der Waals surface area contributed by atoms with E-state index in [0.717, 1.165) is 17.9 Å². The zero-order valence-corrected chi connectivity index (χ0v) is 8.81. The van der Waals surface area contributed by atoms with Crippen LogP contribution in [0.5, 0.6) is 0 Å². The lowest BCUT2D eigenvalue weighted by Crippen LogP contribution is -2.21. The van der Waals surface area contributed by atoms with Crippen molar-refractivity contribution in [3.8, 4) is 0 Å². The number of aryl methyl sites for hydroxylation is 1. The number of aromatic nitrogens is 5. The quantitative estimate of drug-likeness (QED) is 0.756. The van der Waals surface area contributed by atoms with Crippen molar-refractivity contribution in [1.82, 2.24) is 30.5 Å². The van der Waals surface area contributed by atoms with Crippen LogP contribution in [0.25, 0.3) is 0 Å². The van der Waals surface area contributed by atoms with Gasteiger partial charge in [-0.1, -0.05) is 0 Å². The fourth-order valence-electron chi connectivity index (χ4n) is 1.65. The minimum atomic E-state index is 0.0335. The summed E-state index contributed by atoms with van der Waals surface area (Å²) in [4.78, 5) is 0. The lowest BCUT2D eigenvalue weighted by atomic mass is 10.1. The molecule has 15 heavy (non-hydrogen) atoms. The monoisotopic (exact) mass is 206 g/mol. The third-order valence-corrected chi connectivity index (χ3v) is 2.36.